The standard InChI is InChI=1S/C10H19NO3/c12-9(4-5-10(13)14)7-11-6-8-2-1-3-8/h8-9,11-12H,1-7H2,(H,13,14). The van der Waals surface area contributed by atoms with Crippen molar-refractivity contribution in [1.29, 1.82) is 0 Å². The molecular weight excluding hydrogens is 182 g/mol. The Balaban J connectivity index is 1.91. The maximum Gasteiger partial charge on any atom is 0.303 e. The first-order chi connectivity index (χ1) is 6.68. The van der Waals surface area contributed by atoms with Crippen molar-refractivity contribution in [3.63, 3.8) is 0 Å². The summed E-state index contributed by atoms with van der Waals surface area (Å²) in [4.78, 5) is 10.2. The molecule has 1 rings (SSSR count). The van der Waals surface area contributed by atoms with Crippen molar-refractivity contribution in [1.82, 2.24) is 5.32 Å². The molecule has 0 spiro atoms. The van der Waals surface area contributed by atoms with E-state index in [-0.39, 0.29) is 6.42 Å². The third kappa shape index (κ3) is 4.58. The fourth-order valence-corrected chi connectivity index (χ4v) is 1.54. The number of hydrogen-bond donors (Lipinski definition) is 3. The van der Waals surface area contributed by atoms with Crippen LogP contribution in [0, 0.1) is 5.92 Å². The Morgan fingerprint density at radius 2 is 2.21 bits per heavy atom. The van der Waals surface area contributed by atoms with Crippen molar-refractivity contribution in [3.8, 4) is 0 Å². The lowest BCUT2D eigenvalue weighted by molar-refractivity contribution is -0.137. The van der Waals surface area contributed by atoms with E-state index in [9.17, 15) is 9.90 Å². The maximum atomic E-state index is 10.2. The minimum absolute atomic E-state index is 0.0479. The van der Waals surface area contributed by atoms with Crippen LogP contribution in [0.3, 0.4) is 0 Å². The summed E-state index contributed by atoms with van der Waals surface area (Å²) < 4.78 is 0. The molecule has 0 saturated heterocycles. The van der Waals surface area contributed by atoms with Crippen LogP contribution >= 0.6 is 0 Å². The second kappa shape index (κ2) is 5.98. The van der Waals surface area contributed by atoms with Crippen LogP contribution in [-0.4, -0.2) is 35.4 Å². The highest BCUT2D eigenvalue weighted by molar-refractivity contribution is 5.66. The van der Waals surface area contributed by atoms with Crippen molar-refractivity contribution < 1.29 is 15.0 Å². The van der Waals surface area contributed by atoms with Gasteiger partial charge in [-0.2, -0.15) is 0 Å². The molecule has 0 aromatic heterocycles. The van der Waals surface area contributed by atoms with Gasteiger partial charge in [0.1, 0.15) is 0 Å². The summed E-state index contributed by atoms with van der Waals surface area (Å²) in [5, 5.41) is 20.9. The Labute approximate surface area is 84.3 Å². The topological polar surface area (TPSA) is 69.6 Å². The van der Waals surface area contributed by atoms with Gasteiger partial charge in [0.05, 0.1) is 6.10 Å². The van der Waals surface area contributed by atoms with Gasteiger partial charge < -0.3 is 15.5 Å². The van der Waals surface area contributed by atoms with Gasteiger partial charge in [0.15, 0.2) is 0 Å². The number of carboxylic acids is 1. The van der Waals surface area contributed by atoms with Crippen LogP contribution < -0.4 is 5.32 Å². The summed E-state index contributed by atoms with van der Waals surface area (Å²) in [7, 11) is 0. The smallest absolute Gasteiger partial charge is 0.303 e. The third-order valence-corrected chi connectivity index (χ3v) is 2.73. The van der Waals surface area contributed by atoms with Crippen molar-refractivity contribution in [2.45, 2.75) is 38.2 Å². The lowest BCUT2D eigenvalue weighted by Gasteiger charge is -2.26. The molecule has 0 aromatic carbocycles. The summed E-state index contributed by atoms with van der Waals surface area (Å²) in [5.74, 6) is -0.0651. The van der Waals surface area contributed by atoms with Crippen molar-refractivity contribution in [2.24, 2.45) is 5.92 Å². The van der Waals surface area contributed by atoms with E-state index >= 15 is 0 Å². The van der Waals surface area contributed by atoms with Gasteiger partial charge in [-0.25, -0.2) is 0 Å². The van der Waals surface area contributed by atoms with Crippen molar-refractivity contribution in [2.75, 3.05) is 13.1 Å². The quantitative estimate of drug-likeness (QED) is 0.564. The van der Waals surface area contributed by atoms with Crippen molar-refractivity contribution >= 4 is 5.97 Å². The van der Waals surface area contributed by atoms with Crippen LogP contribution in [0.4, 0.5) is 0 Å². The Morgan fingerprint density at radius 3 is 2.71 bits per heavy atom. The van der Waals surface area contributed by atoms with Crippen LogP contribution in [0.15, 0.2) is 0 Å². The minimum Gasteiger partial charge on any atom is -0.481 e. The number of aliphatic carboxylic acids is 1. The van der Waals surface area contributed by atoms with Gasteiger partial charge in [-0.05, 0) is 31.7 Å². The molecule has 1 saturated carbocycles. The number of aliphatic hydroxyl groups is 1. The number of carbonyl (C=O) groups is 1. The normalized spacial score (nSPS) is 18.9. The fraction of sp³-hybridized carbons (Fsp3) is 0.900. The minimum atomic E-state index is -0.844. The molecule has 0 bridgehead atoms. The van der Waals surface area contributed by atoms with Gasteiger partial charge in [0, 0.05) is 13.0 Å². The molecule has 14 heavy (non-hydrogen) atoms. The Kier molecular flexibility index (Phi) is 4.90. The molecule has 0 aromatic rings. The van der Waals surface area contributed by atoms with E-state index < -0.39 is 12.1 Å². The van der Waals surface area contributed by atoms with Gasteiger partial charge in [-0.15, -0.1) is 0 Å². The molecule has 1 atom stereocenters. The van der Waals surface area contributed by atoms with E-state index in [2.05, 4.69) is 5.32 Å². The van der Waals surface area contributed by atoms with Crippen LogP contribution in [0.1, 0.15) is 32.1 Å². The van der Waals surface area contributed by atoms with Gasteiger partial charge >= 0.3 is 5.97 Å². The van der Waals surface area contributed by atoms with Gasteiger partial charge in [-0.1, -0.05) is 6.42 Å². The number of aliphatic hydroxyl groups excluding tert-OH is 1. The summed E-state index contributed by atoms with van der Waals surface area (Å²) in [6.45, 7) is 1.48. The summed E-state index contributed by atoms with van der Waals surface area (Å²) in [5.41, 5.74) is 0. The van der Waals surface area contributed by atoms with Gasteiger partial charge in [-0.3, -0.25) is 4.79 Å². The average molecular weight is 201 g/mol. The van der Waals surface area contributed by atoms with E-state index in [1.54, 1.807) is 0 Å². The number of rotatable bonds is 7. The molecule has 4 heteroatoms. The van der Waals surface area contributed by atoms with Crippen molar-refractivity contribution in [3.05, 3.63) is 0 Å². The number of hydrogen-bond acceptors (Lipinski definition) is 3. The van der Waals surface area contributed by atoms with Gasteiger partial charge in [0.2, 0.25) is 0 Å². The molecule has 0 radical (unpaired) electrons. The molecular formula is C10H19NO3. The first-order valence-corrected chi connectivity index (χ1v) is 5.29. The summed E-state index contributed by atoms with van der Waals surface area (Å²) in [6.07, 6.45) is 3.77. The molecule has 1 fully saturated rings. The molecule has 1 aliphatic rings. The first-order valence-electron chi connectivity index (χ1n) is 5.29. The van der Waals surface area contributed by atoms with E-state index in [0.717, 1.165) is 12.5 Å². The zero-order valence-electron chi connectivity index (χ0n) is 8.41. The van der Waals surface area contributed by atoms with E-state index in [1.165, 1.54) is 19.3 Å². The van der Waals surface area contributed by atoms with Gasteiger partial charge in [0.25, 0.3) is 0 Å². The molecule has 1 aliphatic carbocycles. The van der Waals surface area contributed by atoms with Crippen LogP contribution in [0.5, 0.6) is 0 Å². The average Bonchev–Trinajstić information content (AvgIpc) is 2.06. The predicted molar refractivity (Wildman–Crippen MR) is 53.1 cm³/mol. The Hall–Kier alpha value is -0.610. The third-order valence-electron chi connectivity index (χ3n) is 2.73. The Morgan fingerprint density at radius 1 is 1.50 bits per heavy atom. The molecule has 1 unspecified atom stereocenters. The lowest BCUT2D eigenvalue weighted by Crippen LogP contribution is -2.33. The largest absolute Gasteiger partial charge is 0.481 e. The molecule has 3 N–H and O–H groups in total. The lowest BCUT2D eigenvalue weighted by atomic mass is 9.85. The predicted octanol–water partition coefficient (Wildman–Crippen LogP) is 0.602. The van der Waals surface area contributed by atoms with E-state index in [4.69, 9.17) is 5.11 Å². The maximum absolute atomic E-state index is 10.2. The van der Waals surface area contributed by atoms with E-state index in [1.807, 2.05) is 0 Å². The molecule has 0 amide bonds. The molecule has 0 heterocycles. The molecule has 82 valence electrons. The SMILES string of the molecule is O=C(O)CCC(O)CNCC1CCC1. The summed E-state index contributed by atoms with van der Waals surface area (Å²) >= 11 is 0. The molecule has 4 nitrogen and oxygen atoms in total. The van der Waals surface area contributed by atoms with Crippen LogP contribution in [-0.2, 0) is 4.79 Å². The van der Waals surface area contributed by atoms with Crippen LogP contribution in [0.25, 0.3) is 0 Å². The zero-order chi connectivity index (χ0) is 10.4. The fourth-order valence-electron chi connectivity index (χ4n) is 1.54. The molecule has 0 aliphatic heterocycles. The second-order valence-electron chi connectivity index (χ2n) is 4.04. The van der Waals surface area contributed by atoms with Crippen LogP contribution in [0.2, 0.25) is 0 Å². The number of carboxylic acid groups (broad SMARTS) is 1. The highest BCUT2D eigenvalue weighted by atomic mass is 16.4. The highest BCUT2D eigenvalue weighted by Crippen LogP contribution is 2.24. The monoisotopic (exact) mass is 201 g/mol. The Bertz CT molecular complexity index is 180. The second-order valence-corrected chi connectivity index (χ2v) is 4.04. The highest BCUT2D eigenvalue weighted by Gasteiger charge is 2.17. The number of nitrogens with one attached hydrogen (secondary N) is 1. The summed E-state index contributed by atoms with van der Waals surface area (Å²) in [6, 6.07) is 0. The van der Waals surface area contributed by atoms with E-state index in [0.29, 0.717) is 13.0 Å². The zero-order valence-corrected chi connectivity index (χ0v) is 8.41. The first kappa shape index (κ1) is 11.5.